The highest BCUT2D eigenvalue weighted by atomic mass is 16.5. The van der Waals surface area contributed by atoms with Crippen molar-refractivity contribution in [1.29, 1.82) is 0 Å². The molecule has 0 unspecified atom stereocenters. The number of rotatable bonds is 2. The van der Waals surface area contributed by atoms with E-state index < -0.39 is 0 Å². The quantitative estimate of drug-likeness (QED) is 0.734. The van der Waals surface area contributed by atoms with Crippen molar-refractivity contribution in [2.24, 2.45) is 11.3 Å². The molecule has 1 spiro atoms. The second-order valence-electron chi connectivity index (χ2n) is 6.33. The molecule has 18 heavy (non-hydrogen) atoms. The lowest BCUT2D eigenvalue weighted by atomic mass is 9.78. The van der Waals surface area contributed by atoms with Gasteiger partial charge in [-0.15, -0.1) is 0 Å². The lowest BCUT2D eigenvalue weighted by Gasteiger charge is -2.39. The Bertz CT molecular complexity index is 324. The van der Waals surface area contributed by atoms with E-state index in [4.69, 9.17) is 4.74 Å². The van der Waals surface area contributed by atoms with Crippen LogP contribution in [0.2, 0.25) is 0 Å². The third-order valence-corrected chi connectivity index (χ3v) is 4.92. The summed E-state index contributed by atoms with van der Waals surface area (Å²) in [5, 5.41) is 0. The molecule has 102 valence electrons. The first-order valence-corrected chi connectivity index (χ1v) is 7.25. The zero-order chi connectivity index (χ0) is 12.6. The summed E-state index contributed by atoms with van der Waals surface area (Å²) in [7, 11) is 1.95. The van der Waals surface area contributed by atoms with E-state index in [-0.39, 0.29) is 5.41 Å². The predicted octanol–water partition coefficient (Wildman–Crippen LogP) is 0.967. The molecule has 0 bridgehead atoms. The number of amides is 1. The van der Waals surface area contributed by atoms with Crippen LogP contribution in [0.5, 0.6) is 0 Å². The molecule has 0 saturated carbocycles. The van der Waals surface area contributed by atoms with Crippen molar-refractivity contribution >= 4 is 5.91 Å². The van der Waals surface area contributed by atoms with E-state index in [1.54, 1.807) is 0 Å². The second kappa shape index (κ2) is 4.82. The third-order valence-electron chi connectivity index (χ3n) is 4.92. The molecule has 3 heterocycles. The predicted molar refractivity (Wildman–Crippen MR) is 69.3 cm³/mol. The molecule has 0 radical (unpaired) electrons. The maximum atomic E-state index is 12.3. The number of piperidine rings is 1. The number of likely N-dealkylation sites (tertiary alicyclic amines) is 2. The lowest BCUT2D eigenvalue weighted by molar-refractivity contribution is -0.137. The van der Waals surface area contributed by atoms with E-state index in [1.165, 1.54) is 12.8 Å². The summed E-state index contributed by atoms with van der Waals surface area (Å²) >= 11 is 0. The molecular weight excluding hydrogens is 228 g/mol. The summed E-state index contributed by atoms with van der Waals surface area (Å²) < 4.78 is 5.45. The van der Waals surface area contributed by atoms with Gasteiger partial charge in [0.25, 0.3) is 0 Å². The number of carbonyl (C=O) groups is 1. The number of hydrogen-bond acceptors (Lipinski definition) is 3. The minimum Gasteiger partial charge on any atom is -0.381 e. The average molecular weight is 252 g/mol. The molecule has 0 aromatic carbocycles. The van der Waals surface area contributed by atoms with Crippen molar-refractivity contribution in [3.63, 3.8) is 0 Å². The van der Waals surface area contributed by atoms with Gasteiger partial charge in [0.05, 0.1) is 12.0 Å². The summed E-state index contributed by atoms with van der Waals surface area (Å²) in [6.07, 6.45) is 4.51. The summed E-state index contributed by atoms with van der Waals surface area (Å²) in [5.74, 6) is 1.07. The van der Waals surface area contributed by atoms with Gasteiger partial charge in [-0.2, -0.15) is 0 Å². The first kappa shape index (κ1) is 12.4. The van der Waals surface area contributed by atoms with E-state index in [2.05, 4.69) is 4.90 Å². The molecule has 0 aromatic rings. The minimum atomic E-state index is -0.0491. The average Bonchev–Trinajstić information content (AvgIpc) is 2.96. The Hall–Kier alpha value is -0.610. The Morgan fingerprint density at radius 3 is 2.94 bits per heavy atom. The van der Waals surface area contributed by atoms with Gasteiger partial charge in [-0.3, -0.25) is 4.79 Å². The number of hydrogen-bond donors (Lipinski definition) is 0. The summed E-state index contributed by atoms with van der Waals surface area (Å²) in [5.41, 5.74) is -0.0491. The van der Waals surface area contributed by atoms with Gasteiger partial charge in [0.15, 0.2) is 0 Å². The number of carbonyl (C=O) groups excluding carboxylic acids is 1. The van der Waals surface area contributed by atoms with E-state index >= 15 is 0 Å². The highest BCUT2D eigenvalue weighted by Gasteiger charge is 2.47. The zero-order valence-corrected chi connectivity index (χ0v) is 11.4. The van der Waals surface area contributed by atoms with Gasteiger partial charge in [0, 0.05) is 33.3 Å². The Morgan fingerprint density at radius 2 is 2.28 bits per heavy atom. The standard InChI is InChI=1S/C14H24N2O2/c1-15-7-5-14(13(15)17)4-2-6-16(11-14)9-12-3-8-18-10-12/h12H,2-11H2,1H3/t12-,14+/m0/s1. The van der Waals surface area contributed by atoms with Crippen LogP contribution in [0.25, 0.3) is 0 Å². The van der Waals surface area contributed by atoms with Crippen molar-refractivity contribution in [3.05, 3.63) is 0 Å². The van der Waals surface area contributed by atoms with Crippen LogP contribution >= 0.6 is 0 Å². The Balaban J connectivity index is 1.63. The van der Waals surface area contributed by atoms with Gasteiger partial charge in [0.1, 0.15) is 0 Å². The maximum Gasteiger partial charge on any atom is 0.229 e. The molecular formula is C14H24N2O2. The van der Waals surface area contributed by atoms with Crippen molar-refractivity contribution < 1.29 is 9.53 Å². The molecule has 3 rings (SSSR count). The fraction of sp³-hybridized carbons (Fsp3) is 0.929. The SMILES string of the molecule is CN1CC[C@@]2(CCCN(C[C@@H]3CCOC3)C2)C1=O. The first-order valence-electron chi connectivity index (χ1n) is 7.25. The van der Waals surface area contributed by atoms with Gasteiger partial charge in [0.2, 0.25) is 5.91 Å². The molecule has 4 heteroatoms. The van der Waals surface area contributed by atoms with Gasteiger partial charge in [-0.1, -0.05) is 0 Å². The fourth-order valence-corrected chi connectivity index (χ4v) is 3.85. The molecule has 3 saturated heterocycles. The van der Waals surface area contributed by atoms with Gasteiger partial charge < -0.3 is 14.5 Å². The van der Waals surface area contributed by atoms with Crippen LogP contribution in [0.1, 0.15) is 25.7 Å². The molecule has 3 aliphatic heterocycles. The number of nitrogens with zero attached hydrogens (tertiary/aromatic N) is 2. The Labute approximate surface area is 109 Å². The third kappa shape index (κ3) is 2.16. The van der Waals surface area contributed by atoms with Crippen LogP contribution in [-0.4, -0.2) is 62.1 Å². The van der Waals surface area contributed by atoms with E-state index in [9.17, 15) is 4.79 Å². The maximum absolute atomic E-state index is 12.3. The summed E-state index contributed by atoms with van der Waals surface area (Å²) in [6.45, 7) is 6.04. The van der Waals surface area contributed by atoms with Crippen LogP contribution in [0.3, 0.4) is 0 Å². The summed E-state index contributed by atoms with van der Waals surface area (Å²) in [6, 6.07) is 0. The minimum absolute atomic E-state index is 0.0491. The highest BCUT2D eigenvalue weighted by Crippen LogP contribution is 2.39. The van der Waals surface area contributed by atoms with Crippen molar-refractivity contribution in [3.8, 4) is 0 Å². The molecule has 0 aliphatic carbocycles. The monoisotopic (exact) mass is 252 g/mol. The van der Waals surface area contributed by atoms with Crippen molar-refractivity contribution in [1.82, 2.24) is 9.80 Å². The van der Waals surface area contributed by atoms with Crippen LogP contribution in [0.15, 0.2) is 0 Å². The van der Waals surface area contributed by atoms with Crippen LogP contribution in [-0.2, 0) is 9.53 Å². The molecule has 4 nitrogen and oxygen atoms in total. The molecule has 0 aromatic heterocycles. The molecule has 3 fully saturated rings. The Morgan fingerprint density at radius 1 is 1.39 bits per heavy atom. The molecule has 0 N–H and O–H groups in total. The lowest BCUT2D eigenvalue weighted by Crippen LogP contribution is -2.48. The van der Waals surface area contributed by atoms with Gasteiger partial charge in [-0.05, 0) is 38.1 Å². The molecule has 3 aliphatic rings. The smallest absolute Gasteiger partial charge is 0.229 e. The normalized spacial score (nSPS) is 37.9. The van der Waals surface area contributed by atoms with Gasteiger partial charge in [-0.25, -0.2) is 0 Å². The van der Waals surface area contributed by atoms with Crippen molar-refractivity contribution in [2.45, 2.75) is 25.7 Å². The van der Waals surface area contributed by atoms with Crippen LogP contribution < -0.4 is 0 Å². The van der Waals surface area contributed by atoms with E-state index in [0.29, 0.717) is 11.8 Å². The summed E-state index contributed by atoms with van der Waals surface area (Å²) in [4.78, 5) is 16.8. The topological polar surface area (TPSA) is 32.8 Å². The molecule has 1 amide bonds. The fourth-order valence-electron chi connectivity index (χ4n) is 3.85. The highest BCUT2D eigenvalue weighted by molar-refractivity contribution is 5.85. The van der Waals surface area contributed by atoms with Gasteiger partial charge >= 0.3 is 0 Å². The largest absolute Gasteiger partial charge is 0.381 e. The van der Waals surface area contributed by atoms with Crippen LogP contribution in [0, 0.1) is 11.3 Å². The van der Waals surface area contributed by atoms with E-state index in [0.717, 1.165) is 52.2 Å². The van der Waals surface area contributed by atoms with Crippen molar-refractivity contribution in [2.75, 3.05) is 46.4 Å². The van der Waals surface area contributed by atoms with Crippen LogP contribution in [0.4, 0.5) is 0 Å². The van der Waals surface area contributed by atoms with E-state index in [1.807, 2.05) is 11.9 Å². The zero-order valence-electron chi connectivity index (χ0n) is 11.4. The Kier molecular flexibility index (Phi) is 3.32. The molecule has 2 atom stereocenters. The number of ether oxygens (including phenoxy) is 1. The first-order chi connectivity index (χ1) is 8.70. The second-order valence-corrected chi connectivity index (χ2v) is 6.33.